The van der Waals surface area contributed by atoms with Crippen molar-refractivity contribution in [3.8, 4) is 5.75 Å². The molecule has 1 rings (SSSR count). The van der Waals surface area contributed by atoms with Crippen LogP contribution in [0.15, 0.2) is 18.2 Å². The van der Waals surface area contributed by atoms with Crippen LogP contribution < -0.4 is 10.5 Å². The molecule has 0 amide bonds. The largest absolute Gasteiger partial charge is 0.488 e. The topological polar surface area (TPSA) is 35.2 Å². The van der Waals surface area contributed by atoms with Gasteiger partial charge in [0.15, 0.2) is 0 Å². The number of hydrogen-bond donors (Lipinski definition) is 1. The minimum atomic E-state index is -0.0420. The zero-order valence-corrected chi connectivity index (χ0v) is 12.0. The molecule has 2 N–H and O–H groups in total. The lowest BCUT2D eigenvalue weighted by Crippen LogP contribution is -2.45. The van der Waals surface area contributed by atoms with Crippen molar-refractivity contribution >= 4 is 11.6 Å². The molecule has 0 aromatic heterocycles. The van der Waals surface area contributed by atoms with E-state index < -0.39 is 0 Å². The first-order valence-electron chi connectivity index (χ1n) is 5.90. The summed E-state index contributed by atoms with van der Waals surface area (Å²) in [5.41, 5.74) is 7.06. The van der Waals surface area contributed by atoms with Crippen LogP contribution in [0.2, 0.25) is 5.02 Å². The van der Waals surface area contributed by atoms with Gasteiger partial charge in [0, 0.05) is 16.5 Å². The van der Waals surface area contributed by atoms with Gasteiger partial charge in [0.1, 0.15) is 11.9 Å². The summed E-state index contributed by atoms with van der Waals surface area (Å²) < 4.78 is 6.04. The maximum absolute atomic E-state index is 6.04. The fourth-order valence-electron chi connectivity index (χ4n) is 1.91. The summed E-state index contributed by atoms with van der Waals surface area (Å²) in [4.78, 5) is 0. The molecular formula is C14H22ClNO. The first-order chi connectivity index (χ1) is 7.71. The molecule has 0 saturated heterocycles. The molecule has 0 fully saturated rings. The normalized spacial score (nSPS) is 15.5. The van der Waals surface area contributed by atoms with Gasteiger partial charge in [-0.15, -0.1) is 0 Å². The number of ether oxygens (including phenoxy) is 1. The fourth-order valence-corrected chi connectivity index (χ4v) is 2.07. The van der Waals surface area contributed by atoms with Crippen LogP contribution in [-0.4, -0.2) is 12.1 Å². The van der Waals surface area contributed by atoms with Gasteiger partial charge in [0.25, 0.3) is 0 Å². The second-order valence-electron chi connectivity index (χ2n) is 5.67. The Morgan fingerprint density at radius 1 is 1.29 bits per heavy atom. The van der Waals surface area contributed by atoms with E-state index in [1.54, 1.807) is 0 Å². The third-order valence-corrected chi connectivity index (χ3v) is 2.97. The Kier molecular flexibility index (Phi) is 4.45. The van der Waals surface area contributed by atoms with Gasteiger partial charge in [0.2, 0.25) is 0 Å². The molecule has 2 atom stereocenters. The van der Waals surface area contributed by atoms with Crippen molar-refractivity contribution in [1.82, 2.24) is 0 Å². The van der Waals surface area contributed by atoms with Crippen molar-refractivity contribution in [2.45, 2.75) is 46.8 Å². The summed E-state index contributed by atoms with van der Waals surface area (Å²) in [5.74, 6) is 0.815. The van der Waals surface area contributed by atoms with E-state index >= 15 is 0 Å². The maximum Gasteiger partial charge on any atom is 0.124 e. The molecule has 0 radical (unpaired) electrons. The second-order valence-corrected chi connectivity index (χ2v) is 6.11. The van der Waals surface area contributed by atoms with Crippen molar-refractivity contribution in [3.63, 3.8) is 0 Å². The molecule has 0 spiro atoms. The lowest BCUT2D eigenvalue weighted by Gasteiger charge is -2.34. The quantitative estimate of drug-likeness (QED) is 0.892. The minimum Gasteiger partial charge on any atom is -0.488 e. The highest BCUT2D eigenvalue weighted by atomic mass is 35.5. The number of benzene rings is 1. The van der Waals surface area contributed by atoms with E-state index in [2.05, 4.69) is 20.8 Å². The number of aryl methyl sites for hydroxylation is 1. The van der Waals surface area contributed by atoms with Crippen molar-refractivity contribution in [3.05, 3.63) is 28.8 Å². The first-order valence-corrected chi connectivity index (χ1v) is 6.28. The standard InChI is InChI=1S/C14H22ClNO/c1-9-6-7-11(15)8-12(9)17-13(10(2)16)14(3,4)5/h6-8,10,13H,16H2,1-5H3. The Balaban J connectivity index is 2.98. The number of nitrogens with two attached hydrogens (primary N) is 1. The Bertz CT molecular complexity index is 382. The lowest BCUT2D eigenvalue weighted by atomic mass is 9.85. The SMILES string of the molecule is Cc1ccc(Cl)cc1OC(C(C)N)C(C)(C)C. The molecule has 2 nitrogen and oxygen atoms in total. The number of hydrogen-bond acceptors (Lipinski definition) is 2. The predicted octanol–water partition coefficient (Wildman–Crippen LogP) is 3.79. The van der Waals surface area contributed by atoms with E-state index in [4.69, 9.17) is 22.1 Å². The summed E-state index contributed by atoms with van der Waals surface area (Å²) in [7, 11) is 0. The number of halogens is 1. The zero-order chi connectivity index (χ0) is 13.2. The lowest BCUT2D eigenvalue weighted by molar-refractivity contribution is 0.0678. The van der Waals surface area contributed by atoms with Gasteiger partial charge in [-0.1, -0.05) is 38.4 Å². The molecule has 17 heavy (non-hydrogen) atoms. The monoisotopic (exact) mass is 255 g/mol. The van der Waals surface area contributed by atoms with E-state index in [9.17, 15) is 0 Å². The molecule has 1 aromatic carbocycles. The average molecular weight is 256 g/mol. The molecule has 2 unspecified atom stereocenters. The van der Waals surface area contributed by atoms with Crippen LogP contribution in [0.25, 0.3) is 0 Å². The van der Waals surface area contributed by atoms with E-state index in [0.717, 1.165) is 11.3 Å². The van der Waals surface area contributed by atoms with Crippen LogP contribution in [0, 0.1) is 12.3 Å². The summed E-state index contributed by atoms with van der Waals surface area (Å²) in [6.07, 6.45) is -0.0420. The van der Waals surface area contributed by atoms with Gasteiger partial charge in [-0.25, -0.2) is 0 Å². The molecule has 0 aliphatic carbocycles. The third kappa shape index (κ3) is 3.90. The van der Waals surface area contributed by atoms with Crippen molar-refractivity contribution < 1.29 is 4.74 Å². The van der Waals surface area contributed by atoms with Crippen LogP contribution in [0.1, 0.15) is 33.3 Å². The first kappa shape index (κ1) is 14.3. The van der Waals surface area contributed by atoms with Gasteiger partial charge < -0.3 is 10.5 Å². The highest BCUT2D eigenvalue weighted by Gasteiger charge is 2.30. The maximum atomic E-state index is 6.04. The Morgan fingerprint density at radius 2 is 1.88 bits per heavy atom. The highest BCUT2D eigenvalue weighted by molar-refractivity contribution is 6.30. The van der Waals surface area contributed by atoms with Crippen LogP contribution in [0.5, 0.6) is 5.75 Å². The van der Waals surface area contributed by atoms with Crippen LogP contribution >= 0.6 is 11.6 Å². The molecule has 3 heteroatoms. The molecular weight excluding hydrogens is 234 g/mol. The van der Waals surface area contributed by atoms with E-state index in [1.165, 1.54) is 0 Å². The van der Waals surface area contributed by atoms with E-state index in [1.807, 2.05) is 32.0 Å². The van der Waals surface area contributed by atoms with Gasteiger partial charge in [-0.2, -0.15) is 0 Å². The van der Waals surface area contributed by atoms with Crippen LogP contribution in [0.3, 0.4) is 0 Å². The second kappa shape index (κ2) is 5.28. The summed E-state index contributed by atoms with van der Waals surface area (Å²) in [6, 6.07) is 5.63. The van der Waals surface area contributed by atoms with Crippen LogP contribution in [0.4, 0.5) is 0 Å². The Labute approximate surface area is 109 Å². The van der Waals surface area contributed by atoms with Gasteiger partial charge in [-0.3, -0.25) is 0 Å². The average Bonchev–Trinajstić information content (AvgIpc) is 2.17. The van der Waals surface area contributed by atoms with E-state index in [0.29, 0.717) is 5.02 Å². The third-order valence-electron chi connectivity index (χ3n) is 2.74. The summed E-state index contributed by atoms with van der Waals surface area (Å²) >= 11 is 5.98. The molecule has 0 bridgehead atoms. The minimum absolute atomic E-state index is 0.0110. The van der Waals surface area contributed by atoms with Crippen LogP contribution in [-0.2, 0) is 0 Å². The van der Waals surface area contributed by atoms with E-state index in [-0.39, 0.29) is 17.6 Å². The summed E-state index contributed by atoms with van der Waals surface area (Å²) in [6.45, 7) is 10.4. The smallest absolute Gasteiger partial charge is 0.124 e. The van der Waals surface area contributed by atoms with Crippen molar-refractivity contribution in [2.75, 3.05) is 0 Å². The van der Waals surface area contributed by atoms with Crippen molar-refractivity contribution in [2.24, 2.45) is 11.1 Å². The Morgan fingerprint density at radius 3 is 2.35 bits per heavy atom. The fraction of sp³-hybridized carbons (Fsp3) is 0.571. The number of rotatable bonds is 3. The predicted molar refractivity (Wildman–Crippen MR) is 73.7 cm³/mol. The molecule has 1 aromatic rings. The highest BCUT2D eigenvalue weighted by Crippen LogP contribution is 2.30. The summed E-state index contributed by atoms with van der Waals surface area (Å²) in [5, 5.41) is 0.683. The molecule has 0 aliphatic rings. The molecule has 0 aliphatic heterocycles. The van der Waals surface area contributed by atoms with Gasteiger partial charge >= 0.3 is 0 Å². The van der Waals surface area contributed by atoms with Gasteiger partial charge in [0.05, 0.1) is 0 Å². The van der Waals surface area contributed by atoms with Crippen molar-refractivity contribution in [1.29, 1.82) is 0 Å². The Hall–Kier alpha value is -0.730. The van der Waals surface area contributed by atoms with Gasteiger partial charge in [-0.05, 0) is 31.5 Å². The molecule has 96 valence electrons. The molecule has 0 heterocycles. The zero-order valence-electron chi connectivity index (χ0n) is 11.3. The molecule has 0 saturated carbocycles.